The molecule has 38 heavy (non-hydrogen) atoms. The van der Waals surface area contributed by atoms with Crippen molar-refractivity contribution in [2.24, 2.45) is 0 Å². The summed E-state index contributed by atoms with van der Waals surface area (Å²) in [6.07, 6.45) is -0.0985. The monoisotopic (exact) mass is 560 g/mol. The van der Waals surface area contributed by atoms with Crippen LogP contribution < -0.4 is 9.47 Å². The van der Waals surface area contributed by atoms with E-state index in [1.807, 2.05) is 13.0 Å². The number of hydrogen-bond acceptors (Lipinski definition) is 11. The molecule has 4 fully saturated rings. The average Bonchev–Trinajstić information content (AvgIpc) is 3.26. The van der Waals surface area contributed by atoms with Gasteiger partial charge in [0.25, 0.3) is 5.79 Å². The fourth-order valence-corrected chi connectivity index (χ4v) is 8.74. The summed E-state index contributed by atoms with van der Waals surface area (Å²) in [6, 6.07) is 1.98. The maximum Gasteiger partial charge on any atom is 0.261 e. The molecule has 1 N–H and O–H groups in total. The van der Waals surface area contributed by atoms with Crippen molar-refractivity contribution in [2.75, 3.05) is 38.4 Å². The van der Waals surface area contributed by atoms with Crippen LogP contribution in [0.3, 0.4) is 0 Å². The van der Waals surface area contributed by atoms with Crippen LogP contribution in [0.1, 0.15) is 46.0 Å². The van der Waals surface area contributed by atoms with Gasteiger partial charge in [0.05, 0.1) is 37.9 Å². The summed E-state index contributed by atoms with van der Waals surface area (Å²) in [4.78, 5) is 13.0. The highest BCUT2D eigenvalue weighted by atomic mass is 32.2. The molecule has 6 aliphatic rings. The Labute approximate surface area is 228 Å². The lowest BCUT2D eigenvalue weighted by atomic mass is 9.78. The molecular formula is C27H28O9S2. The molecule has 2 aromatic rings. The van der Waals surface area contributed by atoms with Crippen LogP contribution in [0.25, 0.3) is 10.8 Å². The molecule has 9 nitrogen and oxygen atoms in total. The van der Waals surface area contributed by atoms with Crippen LogP contribution >= 0.6 is 24.4 Å². The van der Waals surface area contributed by atoms with Crippen LogP contribution in [0.2, 0.25) is 0 Å². The molecular weight excluding hydrogens is 532 g/mol. The number of methoxy groups -OCH3 is 1. The van der Waals surface area contributed by atoms with E-state index in [9.17, 15) is 9.90 Å². The van der Waals surface area contributed by atoms with Gasteiger partial charge in [-0.2, -0.15) is 12.6 Å². The van der Waals surface area contributed by atoms with E-state index < -0.39 is 34.8 Å². The van der Waals surface area contributed by atoms with Gasteiger partial charge >= 0.3 is 0 Å². The number of carbonyl (C=O) groups excluding carboxylic acids is 1. The van der Waals surface area contributed by atoms with Gasteiger partial charge in [0.1, 0.15) is 23.4 Å². The van der Waals surface area contributed by atoms with Crippen LogP contribution in [0.15, 0.2) is 6.07 Å². The van der Waals surface area contributed by atoms with Crippen molar-refractivity contribution in [3.8, 4) is 17.2 Å². The molecule has 0 aromatic heterocycles. The number of ether oxygens (including phenoxy) is 7. The Balaban J connectivity index is 1.41. The van der Waals surface area contributed by atoms with Crippen LogP contribution in [0.4, 0.5) is 0 Å². The van der Waals surface area contributed by atoms with Gasteiger partial charge in [-0.1, -0.05) is 0 Å². The van der Waals surface area contributed by atoms with E-state index in [1.165, 1.54) is 0 Å². The topological polar surface area (TPSA) is 102 Å². The minimum Gasteiger partial charge on any atom is -0.506 e. The molecule has 5 aliphatic heterocycles. The van der Waals surface area contributed by atoms with Crippen molar-refractivity contribution in [1.29, 1.82) is 0 Å². The number of benzene rings is 2. The predicted molar refractivity (Wildman–Crippen MR) is 140 cm³/mol. The Morgan fingerprint density at radius 2 is 2.03 bits per heavy atom. The van der Waals surface area contributed by atoms with Gasteiger partial charge in [-0.25, -0.2) is 0 Å². The number of carbonyl (C=O) groups is 1. The molecule has 0 amide bonds. The molecule has 2 aromatic carbocycles. The molecule has 11 heteroatoms. The van der Waals surface area contributed by atoms with E-state index in [0.29, 0.717) is 72.0 Å². The Bertz CT molecular complexity index is 1400. The van der Waals surface area contributed by atoms with Gasteiger partial charge in [-0.05, 0) is 31.4 Å². The zero-order chi connectivity index (χ0) is 26.0. The summed E-state index contributed by atoms with van der Waals surface area (Å²) in [5.74, 6) is -0.430. The highest BCUT2D eigenvalue weighted by Crippen LogP contribution is 2.77. The summed E-state index contributed by atoms with van der Waals surface area (Å²) < 4.78 is 44.1. The van der Waals surface area contributed by atoms with Crippen LogP contribution in [-0.4, -0.2) is 78.0 Å². The zero-order valence-corrected chi connectivity index (χ0v) is 22.7. The van der Waals surface area contributed by atoms with Crippen LogP contribution in [0, 0.1) is 6.92 Å². The summed E-state index contributed by atoms with van der Waals surface area (Å²) in [6.45, 7) is 3.21. The first-order chi connectivity index (χ1) is 18.4. The Morgan fingerprint density at radius 1 is 1.24 bits per heavy atom. The molecule has 0 saturated carbocycles. The van der Waals surface area contributed by atoms with E-state index in [2.05, 4.69) is 12.6 Å². The number of aryl methyl sites for hydroxylation is 1. The fourth-order valence-electron chi connectivity index (χ4n) is 7.29. The Morgan fingerprint density at radius 3 is 2.74 bits per heavy atom. The molecule has 5 atom stereocenters. The minimum atomic E-state index is -1.23. The van der Waals surface area contributed by atoms with Gasteiger partial charge in [0, 0.05) is 34.4 Å². The molecule has 2 bridgehead atoms. The smallest absolute Gasteiger partial charge is 0.261 e. The third-order valence-electron chi connectivity index (χ3n) is 8.82. The summed E-state index contributed by atoms with van der Waals surface area (Å²) in [5.41, 5.74) is 2.72. The maximum atomic E-state index is 13.0. The molecule has 1 spiro atoms. The molecule has 3 unspecified atom stereocenters. The summed E-state index contributed by atoms with van der Waals surface area (Å²) in [5, 5.41) is 12.8. The number of ketones is 1. The first-order valence-corrected chi connectivity index (χ1v) is 14.6. The number of fused-ring (bicyclic) bond motifs is 8. The van der Waals surface area contributed by atoms with E-state index in [0.717, 1.165) is 23.1 Å². The fraction of sp³-hybridized carbons (Fsp3) is 0.593. The third kappa shape index (κ3) is 2.62. The minimum absolute atomic E-state index is 0.0796. The standard InChI is InChI=1S/C27H28O9S2/c1-12-10-14-18(19(29)17-13(20(14)30-2)4-3-5-15(17)28)21-16(12)22-23-26(34-21,33-8-9-37)25(11-38-25)27(35-22,36-23)24-31-6-7-32-24/h10,22-24,29,37H,3-9,11H2,1-2H3/t22?,23?,25-,26+,27?/m0/s1. The number of hydrogen-bond donors (Lipinski definition) is 2. The quantitative estimate of drug-likeness (QED) is 0.418. The molecule has 8 rings (SSSR count). The lowest BCUT2D eigenvalue weighted by molar-refractivity contribution is -0.311. The lowest BCUT2D eigenvalue weighted by Gasteiger charge is -2.50. The number of Topliss-reactive ketones (excluding diaryl/α,β-unsaturated/α-hetero) is 1. The molecule has 4 saturated heterocycles. The predicted octanol–water partition coefficient (Wildman–Crippen LogP) is 3.44. The van der Waals surface area contributed by atoms with Gasteiger partial charge < -0.3 is 38.3 Å². The number of thioether (sulfide) groups is 1. The van der Waals surface area contributed by atoms with Gasteiger partial charge in [-0.15, -0.1) is 11.8 Å². The highest BCUT2D eigenvalue weighted by molar-refractivity contribution is 8.08. The van der Waals surface area contributed by atoms with E-state index in [-0.39, 0.29) is 11.5 Å². The average molecular weight is 561 g/mol. The Kier molecular flexibility index (Phi) is 5.03. The molecule has 202 valence electrons. The van der Waals surface area contributed by atoms with Crippen molar-refractivity contribution in [3.63, 3.8) is 0 Å². The van der Waals surface area contributed by atoms with Crippen molar-refractivity contribution in [2.45, 2.75) is 61.0 Å². The van der Waals surface area contributed by atoms with Crippen molar-refractivity contribution >= 4 is 40.9 Å². The van der Waals surface area contributed by atoms with E-state index in [4.69, 9.17) is 33.2 Å². The lowest BCUT2D eigenvalue weighted by Crippen LogP contribution is -2.69. The van der Waals surface area contributed by atoms with Crippen molar-refractivity contribution in [3.05, 3.63) is 28.3 Å². The van der Waals surface area contributed by atoms with Crippen LogP contribution in [-0.2, 0) is 30.1 Å². The van der Waals surface area contributed by atoms with Gasteiger partial charge in [0.2, 0.25) is 12.1 Å². The summed E-state index contributed by atoms with van der Waals surface area (Å²) in [7, 11) is 1.60. The summed E-state index contributed by atoms with van der Waals surface area (Å²) >= 11 is 6.04. The number of phenolic OH excluding ortho intramolecular Hbond substituents is 1. The second-order valence-electron chi connectivity index (χ2n) is 10.6. The van der Waals surface area contributed by atoms with Crippen molar-refractivity contribution < 1.29 is 43.1 Å². The van der Waals surface area contributed by atoms with Gasteiger partial charge in [-0.3, -0.25) is 4.79 Å². The molecule has 5 heterocycles. The van der Waals surface area contributed by atoms with Crippen LogP contribution in [0.5, 0.6) is 17.2 Å². The second-order valence-corrected chi connectivity index (χ2v) is 12.4. The Hall–Kier alpha value is -1.73. The SMILES string of the molecule is COc1c2c(c(O)c3c4c(c(C)cc13)C1OC3(C5OCCO5)OC1[C@@](OCCS)(O4)[C@@]31CS1)C(=O)CCC2. The van der Waals surface area contributed by atoms with E-state index in [1.54, 1.807) is 18.9 Å². The number of phenols is 1. The molecule has 0 radical (unpaired) electrons. The van der Waals surface area contributed by atoms with Crippen molar-refractivity contribution in [1.82, 2.24) is 0 Å². The van der Waals surface area contributed by atoms with E-state index >= 15 is 0 Å². The first-order valence-electron chi connectivity index (χ1n) is 13.0. The number of rotatable bonds is 5. The number of thiol groups is 1. The zero-order valence-electron chi connectivity index (χ0n) is 21.0. The largest absolute Gasteiger partial charge is 0.506 e. The first kappa shape index (κ1) is 24.1. The maximum absolute atomic E-state index is 13.0. The third-order valence-corrected chi connectivity index (χ3v) is 10.4. The highest BCUT2D eigenvalue weighted by Gasteiger charge is 2.92. The normalized spacial score (nSPS) is 36.6. The molecule has 1 aliphatic carbocycles. The number of aromatic hydroxyl groups is 1. The second kappa shape index (κ2) is 7.93. The van der Waals surface area contributed by atoms with Gasteiger partial charge in [0.15, 0.2) is 16.6 Å².